The van der Waals surface area contributed by atoms with Crippen LogP contribution < -0.4 is 10.6 Å². The fourth-order valence-electron chi connectivity index (χ4n) is 1.05. The van der Waals surface area contributed by atoms with Gasteiger partial charge in [0.2, 0.25) is 0 Å². The third-order valence-electron chi connectivity index (χ3n) is 1.94. The van der Waals surface area contributed by atoms with Crippen molar-refractivity contribution in [3.63, 3.8) is 0 Å². The average Bonchev–Trinajstić information content (AvgIpc) is 2.36. The minimum Gasteiger partial charge on any atom is -0.497 e. The molecule has 0 saturated heterocycles. The number of nitrogens with zero attached hydrogens (tertiary/aromatic N) is 1. The van der Waals surface area contributed by atoms with Crippen molar-refractivity contribution in [2.24, 2.45) is 5.84 Å². The van der Waals surface area contributed by atoms with Crippen LogP contribution in [0, 0.1) is 0 Å². The van der Waals surface area contributed by atoms with Crippen LogP contribution in [0.5, 0.6) is 5.75 Å². The number of nitrogens with two attached hydrogens (primary N) is 1. The lowest BCUT2D eigenvalue weighted by Gasteiger charge is -2.13. The molecule has 1 aromatic carbocycles. The number of carbonyl (C=O) groups is 2. The molecule has 0 aliphatic rings. The lowest BCUT2D eigenvalue weighted by Crippen LogP contribution is -2.43. The van der Waals surface area contributed by atoms with Crippen molar-refractivity contribution in [1.29, 1.82) is 0 Å². The number of alkyl halides is 1. The number of hydrogen-bond donors (Lipinski definition) is 1. The van der Waals surface area contributed by atoms with Gasteiger partial charge in [-0.3, -0.25) is 9.59 Å². The van der Waals surface area contributed by atoms with Gasteiger partial charge < -0.3 is 4.74 Å². The number of carbonyl (C=O) groups excluding carboxylic acids is 2. The average molecular weight is 243 g/mol. The Morgan fingerprint density at radius 2 is 1.94 bits per heavy atom. The van der Waals surface area contributed by atoms with Gasteiger partial charge in [-0.15, -0.1) is 11.6 Å². The number of methoxy groups -OCH3 is 1. The number of amides is 2. The molecule has 1 aromatic rings. The Hall–Kier alpha value is -1.59. The number of imide groups is 1. The van der Waals surface area contributed by atoms with Gasteiger partial charge in [-0.2, -0.15) is 0 Å². The molecule has 0 radical (unpaired) electrons. The molecule has 16 heavy (non-hydrogen) atoms. The molecule has 0 spiro atoms. The molecule has 2 amide bonds. The van der Waals surface area contributed by atoms with Gasteiger partial charge in [0, 0.05) is 5.56 Å². The fraction of sp³-hybridized carbons (Fsp3) is 0.200. The quantitative estimate of drug-likeness (QED) is 0.368. The Bertz CT molecular complexity index is 392. The molecule has 1 rings (SSSR count). The molecule has 6 heteroatoms. The predicted octanol–water partition coefficient (Wildman–Crippen LogP) is 0.777. The van der Waals surface area contributed by atoms with Crippen molar-refractivity contribution >= 4 is 23.4 Å². The molecule has 0 unspecified atom stereocenters. The Morgan fingerprint density at radius 1 is 1.38 bits per heavy atom. The van der Waals surface area contributed by atoms with Crippen molar-refractivity contribution < 1.29 is 14.3 Å². The highest BCUT2D eigenvalue weighted by atomic mass is 35.5. The highest BCUT2D eigenvalue weighted by molar-refractivity contribution is 6.28. The summed E-state index contributed by atoms with van der Waals surface area (Å²) in [6.45, 7) is 0. The second-order valence-corrected chi connectivity index (χ2v) is 3.20. The van der Waals surface area contributed by atoms with Crippen LogP contribution in [0.4, 0.5) is 0 Å². The van der Waals surface area contributed by atoms with Crippen molar-refractivity contribution in [3.05, 3.63) is 29.8 Å². The Morgan fingerprint density at radius 3 is 2.38 bits per heavy atom. The summed E-state index contributed by atoms with van der Waals surface area (Å²) < 4.78 is 4.93. The zero-order valence-electron chi connectivity index (χ0n) is 8.64. The number of hydrazine groups is 1. The molecular formula is C10H11ClN2O3. The third kappa shape index (κ3) is 2.71. The van der Waals surface area contributed by atoms with E-state index in [0.717, 1.165) is 0 Å². The summed E-state index contributed by atoms with van der Waals surface area (Å²) in [7, 11) is 1.52. The maximum Gasteiger partial charge on any atom is 0.274 e. The molecule has 0 fully saturated rings. The maximum absolute atomic E-state index is 11.6. The lowest BCUT2D eigenvalue weighted by molar-refractivity contribution is -0.126. The molecule has 0 bridgehead atoms. The van der Waals surface area contributed by atoms with Gasteiger partial charge in [-0.1, -0.05) is 0 Å². The number of rotatable bonds is 3. The molecule has 5 nitrogen and oxygen atoms in total. The minimum absolute atomic E-state index is 0.293. The standard InChI is InChI=1S/C10H11ClN2O3/c1-16-8-4-2-7(3-5-8)10(15)13(12)9(14)6-11/h2-5H,6,12H2,1H3. The minimum atomic E-state index is -0.650. The molecule has 2 N–H and O–H groups in total. The van der Waals surface area contributed by atoms with E-state index in [1.807, 2.05) is 0 Å². The van der Waals surface area contributed by atoms with Crippen LogP contribution in [-0.4, -0.2) is 29.8 Å². The van der Waals surface area contributed by atoms with Crippen LogP contribution in [0.1, 0.15) is 10.4 Å². The molecular weight excluding hydrogens is 232 g/mol. The van der Waals surface area contributed by atoms with E-state index in [9.17, 15) is 9.59 Å². The van der Waals surface area contributed by atoms with Crippen molar-refractivity contribution in [3.8, 4) is 5.75 Å². The van der Waals surface area contributed by atoms with Gasteiger partial charge in [0.05, 0.1) is 7.11 Å². The number of ether oxygens (including phenoxy) is 1. The normalized spacial score (nSPS) is 9.69. The summed E-state index contributed by atoms with van der Waals surface area (Å²) >= 11 is 5.28. The van der Waals surface area contributed by atoms with E-state index in [1.54, 1.807) is 12.1 Å². The van der Waals surface area contributed by atoms with E-state index >= 15 is 0 Å². The largest absolute Gasteiger partial charge is 0.497 e. The first-order valence-corrected chi connectivity index (χ1v) is 4.95. The van der Waals surface area contributed by atoms with Crippen molar-refractivity contribution in [1.82, 2.24) is 5.01 Å². The fourth-order valence-corrected chi connectivity index (χ4v) is 1.18. The van der Waals surface area contributed by atoms with Gasteiger partial charge in [0.15, 0.2) is 0 Å². The topological polar surface area (TPSA) is 72.6 Å². The first kappa shape index (κ1) is 12.5. The molecule has 86 valence electrons. The highest BCUT2D eigenvalue weighted by Gasteiger charge is 2.18. The van der Waals surface area contributed by atoms with E-state index in [0.29, 0.717) is 16.3 Å². The van der Waals surface area contributed by atoms with E-state index in [-0.39, 0.29) is 5.88 Å². The van der Waals surface area contributed by atoms with Crippen LogP contribution in [0.2, 0.25) is 0 Å². The van der Waals surface area contributed by atoms with Gasteiger partial charge in [0.1, 0.15) is 11.6 Å². The summed E-state index contributed by atoms with van der Waals surface area (Å²) in [4.78, 5) is 22.7. The lowest BCUT2D eigenvalue weighted by atomic mass is 10.2. The van der Waals surface area contributed by atoms with Crippen LogP contribution in [0.3, 0.4) is 0 Å². The first-order chi connectivity index (χ1) is 7.60. The Balaban J connectivity index is 2.84. The molecule has 0 heterocycles. The molecule has 0 aliphatic carbocycles. The molecule has 0 aliphatic heterocycles. The number of benzene rings is 1. The molecule has 0 atom stereocenters. The Labute approximate surface area is 97.7 Å². The van der Waals surface area contributed by atoms with Crippen LogP contribution >= 0.6 is 11.6 Å². The van der Waals surface area contributed by atoms with Crippen molar-refractivity contribution in [2.75, 3.05) is 13.0 Å². The summed E-state index contributed by atoms with van der Waals surface area (Å²) in [6.07, 6.45) is 0. The highest BCUT2D eigenvalue weighted by Crippen LogP contribution is 2.12. The Kier molecular flexibility index (Phi) is 4.28. The van der Waals surface area contributed by atoms with Gasteiger partial charge in [-0.05, 0) is 24.3 Å². The molecule has 0 saturated carbocycles. The van der Waals surface area contributed by atoms with Crippen LogP contribution in [0.15, 0.2) is 24.3 Å². The number of halogens is 1. The van der Waals surface area contributed by atoms with Gasteiger partial charge >= 0.3 is 0 Å². The SMILES string of the molecule is COc1ccc(C(=O)N(N)C(=O)CCl)cc1. The zero-order valence-corrected chi connectivity index (χ0v) is 9.40. The van der Waals surface area contributed by atoms with Crippen molar-refractivity contribution in [2.45, 2.75) is 0 Å². The predicted molar refractivity (Wildman–Crippen MR) is 59.1 cm³/mol. The van der Waals surface area contributed by atoms with E-state index in [2.05, 4.69) is 0 Å². The second-order valence-electron chi connectivity index (χ2n) is 2.93. The summed E-state index contributed by atoms with van der Waals surface area (Å²) in [6, 6.07) is 6.24. The van der Waals surface area contributed by atoms with Crippen LogP contribution in [-0.2, 0) is 4.79 Å². The van der Waals surface area contributed by atoms with Gasteiger partial charge in [0.25, 0.3) is 11.8 Å². The van der Waals surface area contributed by atoms with Gasteiger partial charge in [-0.25, -0.2) is 10.9 Å². The monoisotopic (exact) mass is 242 g/mol. The van der Waals surface area contributed by atoms with Crippen LogP contribution in [0.25, 0.3) is 0 Å². The summed E-state index contributed by atoms with van der Waals surface area (Å²) in [5, 5.41) is 0.495. The first-order valence-electron chi connectivity index (χ1n) is 4.42. The van der Waals surface area contributed by atoms with E-state index in [4.69, 9.17) is 22.2 Å². The zero-order chi connectivity index (χ0) is 12.1. The summed E-state index contributed by atoms with van der Waals surface area (Å²) in [5.41, 5.74) is 0.293. The smallest absolute Gasteiger partial charge is 0.274 e. The second kappa shape index (κ2) is 5.48. The number of hydrogen-bond acceptors (Lipinski definition) is 4. The molecule has 0 aromatic heterocycles. The van der Waals surface area contributed by atoms with E-state index in [1.165, 1.54) is 19.2 Å². The third-order valence-corrected chi connectivity index (χ3v) is 2.17. The summed E-state index contributed by atoms with van der Waals surface area (Å²) in [5.74, 6) is 4.32. The maximum atomic E-state index is 11.6. The van der Waals surface area contributed by atoms with E-state index < -0.39 is 11.8 Å².